The molecule has 5 unspecified atom stereocenters. The van der Waals surface area contributed by atoms with Gasteiger partial charge in [0.2, 0.25) is 5.91 Å². The van der Waals surface area contributed by atoms with Crippen LogP contribution >= 0.6 is 0 Å². The monoisotopic (exact) mass is 266 g/mol. The van der Waals surface area contributed by atoms with Crippen LogP contribution in [-0.4, -0.2) is 24.5 Å². The Morgan fingerprint density at radius 3 is 2.79 bits per heavy atom. The summed E-state index contributed by atoms with van der Waals surface area (Å²) in [6.45, 7) is 7.83. The molecule has 2 fully saturated rings. The van der Waals surface area contributed by atoms with Crippen LogP contribution in [0.3, 0.4) is 0 Å². The van der Waals surface area contributed by atoms with Crippen molar-refractivity contribution in [2.24, 2.45) is 17.8 Å². The molecule has 1 heterocycles. The highest BCUT2D eigenvalue weighted by molar-refractivity contribution is 5.82. The van der Waals surface area contributed by atoms with Crippen molar-refractivity contribution in [2.75, 3.05) is 6.54 Å². The van der Waals surface area contributed by atoms with E-state index >= 15 is 0 Å². The van der Waals surface area contributed by atoms with E-state index < -0.39 is 0 Å². The van der Waals surface area contributed by atoms with Crippen molar-refractivity contribution in [1.29, 1.82) is 0 Å². The molecule has 2 N–H and O–H groups in total. The maximum absolute atomic E-state index is 12.4. The van der Waals surface area contributed by atoms with Crippen LogP contribution in [-0.2, 0) is 4.79 Å². The quantitative estimate of drug-likeness (QED) is 0.824. The topological polar surface area (TPSA) is 41.1 Å². The predicted octanol–water partition coefficient (Wildman–Crippen LogP) is 2.71. The molecule has 110 valence electrons. The van der Waals surface area contributed by atoms with Crippen molar-refractivity contribution in [1.82, 2.24) is 10.6 Å². The van der Waals surface area contributed by atoms with E-state index in [2.05, 4.69) is 31.4 Å². The van der Waals surface area contributed by atoms with Gasteiger partial charge in [0.15, 0.2) is 0 Å². The summed E-state index contributed by atoms with van der Waals surface area (Å²) in [6.07, 6.45) is 7.15. The lowest BCUT2D eigenvalue weighted by Gasteiger charge is -2.36. The van der Waals surface area contributed by atoms with Gasteiger partial charge in [0.05, 0.1) is 6.04 Å². The first-order chi connectivity index (χ1) is 9.11. The number of hydrogen-bond donors (Lipinski definition) is 2. The largest absolute Gasteiger partial charge is 0.352 e. The van der Waals surface area contributed by atoms with Crippen LogP contribution in [0.1, 0.15) is 59.3 Å². The molecule has 1 aliphatic heterocycles. The number of hydrogen-bond acceptors (Lipinski definition) is 2. The fourth-order valence-corrected chi connectivity index (χ4v) is 3.64. The summed E-state index contributed by atoms with van der Waals surface area (Å²) in [5.41, 5.74) is 0. The molecular weight excluding hydrogens is 236 g/mol. The molecule has 2 aliphatic rings. The fourth-order valence-electron chi connectivity index (χ4n) is 3.64. The van der Waals surface area contributed by atoms with Crippen LogP contribution in [0.15, 0.2) is 0 Å². The number of carbonyl (C=O) groups excluding carboxylic acids is 1. The van der Waals surface area contributed by atoms with Gasteiger partial charge < -0.3 is 10.6 Å². The Labute approximate surface area is 117 Å². The Hall–Kier alpha value is -0.570. The summed E-state index contributed by atoms with van der Waals surface area (Å²) in [5.74, 6) is 2.31. The molecule has 1 aliphatic carbocycles. The Bertz CT molecular complexity index is 305. The Kier molecular flexibility index (Phi) is 5.26. The molecule has 0 aromatic carbocycles. The van der Waals surface area contributed by atoms with E-state index in [1.165, 1.54) is 25.7 Å². The third kappa shape index (κ3) is 3.71. The van der Waals surface area contributed by atoms with E-state index in [1.54, 1.807) is 0 Å². The summed E-state index contributed by atoms with van der Waals surface area (Å²) in [5, 5.41) is 6.70. The van der Waals surface area contributed by atoms with Crippen molar-refractivity contribution >= 4 is 5.91 Å². The molecule has 0 radical (unpaired) electrons. The van der Waals surface area contributed by atoms with Gasteiger partial charge in [-0.05, 0) is 43.6 Å². The molecule has 3 heteroatoms. The molecule has 3 nitrogen and oxygen atoms in total. The molecule has 0 aromatic heterocycles. The van der Waals surface area contributed by atoms with Crippen molar-refractivity contribution in [3.05, 3.63) is 0 Å². The molecule has 0 bridgehead atoms. The molecule has 1 saturated carbocycles. The average molecular weight is 266 g/mol. The number of rotatable bonds is 3. The summed E-state index contributed by atoms with van der Waals surface area (Å²) < 4.78 is 0. The molecule has 0 spiro atoms. The Morgan fingerprint density at radius 2 is 2.05 bits per heavy atom. The molecule has 19 heavy (non-hydrogen) atoms. The first kappa shape index (κ1) is 14.8. The molecule has 0 aromatic rings. The van der Waals surface area contributed by atoms with Crippen LogP contribution in [0.4, 0.5) is 0 Å². The smallest absolute Gasteiger partial charge is 0.237 e. The SMILES string of the molecule is CCC1CCNC(C(=O)NC2CCCC(C)C2C)C1. The minimum absolute atomic E-state index is 0.0446. The minimum Gasteiger partial charge on any atom is -0.352 e. The van der Waals surface area contributed by atoms with Crippen molar-refractivity contribution in [3.63, 3.8) is 0 Å². The van der Waals surface area contributed by atoms with Gasteiger partial charge in [0.25, 0.3) is 0 Å². The van der Waals surface area contributed by atoms with E-state index in [0.717, 1.165) is 31.2 Å². The van der Waals surface area contributed by atoms with Crippen LogP contribution < -0.4 is 10.6 Å². The van der Waals surface area contributed by atoms with Crippen molar-refractivity contribution in [3.8, 4) is 0 Å². The molecule has 5 atom stereocenters. The lowest BCUT2D eigenvalue weighted by Crippen LogP contribution is -2.53. The van der Waals surface area contributed by atoms with Crippen LogP contribution in [0, 0.1) is 17.8 Å². The number of amides is 1. The van der Waals surface area contributed by atoms with Gasteiger partial charge in [-0.25, -0.2) is 0 Å². The number of nitrogens with one attached hydrogen (secondary N) is 2. The zero-order valence-electron chi connectivity index (χ0n) is 12.7. The zero-order valence-corrected chi connectivity index (χ0v) is 12.7. The highest BCUT2D eigenvalue weighted by Gasteiger charge is 2.31. The zero-order chi connectivity index (χ0) is 13.8. The van der Waals surface area contributed by atoms with Gasteiger partial charge in [-0.3, -0.25) is 4.79 Å². The van der Waals surface area contributed by atoms with E-state index in [1.807, 2.05) is 0 Å². The Morgan fingerprint density at radius 1 is 1.26 bits per heavy atom. The van der Waals surface area contributed by atoms with Crippen molar-refractivity contribution in [2.45, 2.75) is 71.4 Å². The van der Waals surface area contributed by atoms with E-state index in [4.69, 9.17) is 0 Å². The fraction of sp³-hybridized carbons (Fsp3) is 0.938. The first-order valence-electron chi connectivity index (χ1n) is 8.15. The van der Waals surface area contributed by atoms with E-state index in [9.17, 15) is 4.79 Å². The first-order valence-corrected chi connectivity index (χ1v) is 8.15. The summed E-state index contributed by atoms with van der Waals surface area (Å²) in [7, 11) is 0. The minimum atomic E-state index is 0.0446. The van der Waals surface area contributed by atoms with Crippen molar-refractivity contribution < 1.29 is 4.79 Å². The van der Waals surface area contributed by atoms with E-state index in [-0.39, 0.29) is 11.9 Å². The van der Waals surface area contributed by atoms with Crippen LogP contribution in [0.5, 0.6) is 0 Å². The molecule has 1 saturated heterocycles. The lowest BCUT2D eigenvalue weighted by molar-refractivity contribution is -0.125. The third-order valence-corrected chi connectivity index (χ3v) is 5.44. The van der Waals surface area contributed by atoms with Gasteiger partial charge in [-0.15, -0.1) is 0 Å². The highest BCUT2D eigenvalue weighted by atomic mass is 16.2. The Balaban J connectivity index is 1.86. The maximum atomic E-state index is 12.4. The van der Waals surface area contributed by atoms with Crippen LogP contribution in [0.2, 0.25) is 0 Å². The van der Waals surface area contributed by atoms with Crippen LogP contribution in [0.25, 0.3) is 0 Å². The summed E-state index contributed by atoms with van der Waals surface area (Å²) >= 11 is 0. The van der Waals surface area contributed by atoms with Gasteiger partial charge in [-0.1, -0.05) is 40.0 Å². The molecular formula is C16H30N2O. The molecule has 1 amide bonds. The summed E-state index contributed by atoms with van der Waals surface area (Å²) in [4.78, 5) is 12.4. The second-order valence-corrected chi connectivity index (χ2v) is 6.69. The normalized spacial score (nSPS) is 39.8. The third-order valence-electron chi connectivity index (χ3n) is 5.44. The number of carbonyl (C=O) groups is 1. The highest BCUT2D eigenvalue weighted by Crippen LogP contribution is 2.29. The standard InChI is InChI=1S/C16H30N2O/c1-4-13-8-9-17-15(10-13)16(19)18-14-7-5-6-11(2)12(14)3/h11-15,17H,4-10H2,1-3H3,(H,18,19). The lowest BCUT2D eigenvalue weighted by atomic mass is 9.78. The molecule has 2 rings (SSSR count). The number of piperidine rings is 1. The average Bonchev–Trinajstić information content (AvgIpc) is 2.44. The predicted molar refractivity (Wildman–Crippen MR) is 78.9 cm³/mol. The van der Waals surface area contributed by atoms with Gasteiger partial charge in [0.1, 0.15) is 0 Å². The van der Waals surface area contributed by atoms with E-state index in [0.29, 0.717) is 12.0 Å². The van der Waals surface area contributed by atoms with Gasteiger partial charge >= 0.3 is 0 Å². The maximum Gasteiger partial charge on any atom is 0.237 e. The summed E-state index contributed by atoms with van der Waals surface area (Å²) in [6, 6.07) is 0.434. The van der Waals surface area contributed by atoms with Gasteiger partial charge in [0, 0.05) is 6.04 Å². The van der Waals surface area contributed by atoms with Gasteiger partial charge in [-0.2, -0.15) is 0 Å². The second kappa shape index (κ2) is 6.74. The second-order valence-electron chi connectivity index (χ2n) is 6.69.